The van der Waals surface area contributed by atoms with Crippen molar-refractivity contribution in [1.29, 1.82) is 5.26 Å². The molecule has 0 aliphatic carbocycles. The van der Waals surface area contributed by atoms with Crippen LogP contribution in [0.4, 0.5) is 11.4 Å². The minimum atomic E-state index is -0.151. The van der Waals surface area contributed by atoms with Gasteiger partial charge in [-0.05, 0) is 48.7 Å². The summed E-state index contributed by atoms with van der Waals surface area (Å²) < 4.78 is 0. The summed E-state index contributed by atoms with van der Waals surface area (Å²) in [7, 11) is 0. The minimum absolute atomic E-state index is 0.0950. The van der Waals surface area contributed by atoms with Crippen molar-refractivity contribution in [1.82, 2.24) is 0 Å². The standard InChI is InChI=1S/C19H19N3O2/c1-13-17(21-14(2)23)4-3-5-18(13)22-19(24)11-10-15-6-8-16(12-20)9-7-15/h3-9H,10-11H2,1-2H3,(H,21,23)(H,22,24). The Kier molecular flexibility index (Phi) is 5.69. The molecule has 0 bridgehead atoms. The summed E-state index contributed by atoms with van der Waals surface area (Å²) in [6.07, 6.45) is 0.942. The van der Waals surface area contributed by atoms with Crippen molar-refractivity contribution in [3.63, 3.8) is 0 Å². The number of amides is 2. The summed E-state index contributed by atoms with van der Waals surface area (Å²) in [5.41, 5.74) is 3.80. The van der Waals surface area contributed by atoms with Crippen LogP contribution in [0.25, 0.3) is 0 Å². The summed E-state index contributed by atoms with van der Waals surface area (Å²) in [6.45, 7) is 3.30. The number of nitriles is 1. The number of carbonyl (C=O) groups excluding carboxylic acids is 2. The summed E-state index contributed by atoms with van der Waals surface area (Å²) in [4.78, 5) is 23.3. The fourth-order valence-corrected chi connectivity index (χ4v) is 2.31. The third kappa shape index (κ3) is 4.68. The van der Waals surface area contributed by atoms with Gasteiger partial charge in [-0.15, -0.1) is 0 Å². The minimum Gasteiger partial charge on any atom is -0.326 e. The highest BCUT2D eigenvalue weighted by atomic mass is 16.2. The third-order valence-corrected chi connectivity index (χ3v) is 3.64. The van der Waals surface area contributed by atoms with Crippen LogP contribution in [-0.2, 0) is 16.0 Å². The number of nitrogens with zero attached hydrogens (tertiary/aromatic N) is 1. The van der Waals surface area contributed by atoms with E-state index in [1.807, 2.05) is 19.1 Å². The summed E-state index contributed by atoms with van der Waals surface area (Å²) >= 11 is 0. The molecule has 2 rings (SSSR count). The molecular weight excluding hydrogens is 302 g/mol. The van der Waals surface area contributed by atoms with Gasteiger partial charge in [0.1, 0.15) is 0 Å². The van der Waals surface area contributed by atoms with Crippen LogP contribution in [-0.4, -0.2) is 11.8 Å². The van der Waals surface area contributed by atoms with Gasteiger partial charge < -0.3 is 10.6 Å². The van der Waals surface area contributed by atoms with E-state index in [4.69, 9.17) is 5.26 Å². The molecule has 2 amide bonds. The van der Waals surface area contributed by atoms with Crippen molar-refractivity contribution in [2.75, 3.05) is 10.6 Å². The van der Waals surface area contributed by atoms with Crippen molar-refractivity contribution < 1.29 is 9.59 Å². The predicted octanol–water partition coefficient (Wildman–Crippen LogP) is 3.40. The van der Waals surface area contributed by atoms with E-state index >= 15 is 0 Å². The van der Waals surface area contributed by atoms with Gasteiger partial charge in [-0.1, -0.05) is 18.2 Å². The van der Waals surface area contributed by atoms with E-state index in [-0.39, 0.29) is 11.8 Å². The van der Waals surface area contributed by atoms with Crippen LogP contribution in [0, 0.1) is 18.3 Å². The molecule has 0 radical (unpaired) electrons. The third-order valence-electron chi connectivity index (χ3n) is 3.64. The molecule has 0 aliphatic heterocycles. The first-order valence-electron chi connectivity index (χ1n) is 7.65. The Hall–Kier alpha value is -3.13. The normalized spacial score (nSPS) is 9.88. The van der Waals surface area contributed by atoms with E-state index in [1.54, 1.807) is 30.3 Å². The Morgan fingerprint density at radius 2 is 1.67 bits per heavy atom. The van der Waals surface area contributed by atoms with Gasteiger partial charge >= 0.3 is 0 Å². The van der Waals surface area contributed by atoms with Crippen LogP contribution in [0.3, 0.4) is 0 Å². The van der Waals surface area contributed by atoms with E-state index in [2.05, 4.69) is 16.7 Å². The summed E-state index contributed by atoms with van der Waals surface area (Å²) in [6, 6.07) is 14.7. The van der Waals surface area contributed by atoms with Gasteiger partial charge in [0.2, 0.25) is 11.8 Å². The lowest BCUT2D eigenvalue weighted by atomic mass is 10.1. The second kappa shape index (κ2) is 7.93. The molecule has 2 aromatic rings. The number of hydrogen-bond donors (Lipinski definition) is 2. The largest absolute Gasteiger partial charge is 0.326 e. The van der Waals surface area contributed by atoms with Crippen molar-refractivity contribution >= 4 is 23.2 Å². The Labute approximate surface area is 141 Å². The van der Waals surface area contributed by atoms with Crippen molar-refractivity contribution in [2.45, 2.75) is 26.7 Å². The van der Waals surface area contributed by atoms with Gasteiger partial charge in [-0.3, -0.25) is 9.59 Å². The molecule has 0 atom stereocenters. The maximum absolute atomic E-state index is 12.1. The highest BCUT2D eigenvalue weighted by Gasteiger charge is 2.09. The van der Waals surface area contributed by atoms with Crippen molar-refractivity contribution in [3.8, 4) is 6.07 Å². The van der Waals surface area contributed by atoms with Crippen LogP contribution in [0.15, 0.2) is 42.5 Å². The molecule has 0 aliphatic rings. The van der Waals surface area contributed by atoms with Crippen LogP contribution >= 0.6 is 0 Å². The molecule has 0 spiro atoms. The monoisotopic (exact) mass is 321 g/mol. The maximum atomic E-state index is 12.1. The van der Waals surface area contributed by atoms with Gasteiger partial charge in [0, 0.05) is 24.7 Å². The molecule has 0 saturated carbocycles. The Balaban J connectivity index is 1.97. The van der Waals surface area contributed by atoms with Crippen molar-refractivity contribution in [2.24, 2.45) is 0 Å². The second-order valence-electron chi connectivity index (χ2n) is 5.52. The second-order valence-corrected chi connectivity index (χ2v) is 5.52. The highest BCUT2D eigenvalue weighted by molar-refractivity contribution is 5.95. The number of nitrogens with one attached hydrogen (secondary N) is 2. The lowest BCUT2D eigenvalue weighted by Crippen LogP contribution is -2.14. The first-order chi connectivity index (χ1) is 11.5. The predicted molar refractivity (Wildman–Crippen MR) is 93.6 cm³/mol. The molecule has 24 heavy (non-hydrogen) atoms. The molecule has 0 saturated heterocycles. The summed E-state index contributed by atoms with van der Waals surface area (Å²) in [5, 5.41) is 14.4. The molecule has 122 valence electrons. The lowest BCUT2D eigenvalue weighted by Gasteiger charge is -2.12. The quantitative estimate of drug-likeness (QED) is 0.885. The molecular formula is C19H19N3O2. The number of carbonyl (C=O) groups is 2. The van der Waals surface area contributed by atoms with Crippen LogP contribution in [0.5, 0.6) is 0 Å². The zero-order valence-electron chi connectivity index (χ0n) is 13.7. The maximum Gasteiger partial charge on any atom is 0.224 e. The number of hydrogen-bond acceptors (Lipinski definition) is 3. The number of benzene rings is 2. The van der Waals surface area contributed by atoms with Gasteiger partial charge in [-0.2, -0.15) is 5.26 Å². The molecule has 5 heteroatoms. The molecule has 0 fully saturated rings. The Morgan fingerprint density at radius 1 is 1.04 bits per heavy atom. The van der Waals surface area contributed by atoms with Gasteiger partial charge in [0.05, 0.1) is 11.6 Å². The smallest absolute Gasteiger partial charge is 0.224 e. The molecule has 0 heterocycles. The average molecular weight is 321 g/mol. The van der Waals surface area contributed by atoms with Gasteiger partial charge in [0.25, 0.3) is 0 Å². The Bertz CT molecular complexity index is 789. The SMILES string of the molecule is CC(=O)Nc1cccc(NC(=O)CCc2ccc(C#N)cc2)c1C. The zero-order chi connectivity index (χ0) is 17.5. The summed E-state index contributed by atoms with van der Waals surface area (Å²) in [5.74, 6) is -0.246. The van der Waals surface area contributed by atoms with Gasteiger partial charge in [-0.25, -0.2) is 0 Å². The topological polar surface area (TPSA) is 82.0 Å². The molecule has 2 aromatic carbocycles. The molecule has 5 nitrogen and oxygen atoms in total. The van der Waals surface area contributed by atoms with Crippen molar-refractivity contribution in [3.05, 3.63) is 59.2 Å². The number of anilines is 2. The van der Waals surface area contributed by atoms with E-state index in [0.29, 0.717) is 29.8 Å². The molecule has 0 aromatic heterocycles. The van der Waals surface area contributed by atoms with Crippen LogP contribution < -0.4 is 10.6 Å². The van der Waals surface area contributed by atoms with Crippen LogP contribution in [0.1, 0.15) is 30.0 Å². The number of aryl methyl sites for hydroxylation is 1. The highest BCUT2D eigenvalue weighted by Crippen LogP contribution is 2.23. The number of rotatable bonds is 5. The van der Waals surface area contributed by atoms with E-state index in [0.717, 1.165) is 11.1 Å². The van der Waals surface area contributed by atoms with Gasteiger partial charge in [0.15, 0.2) is 0 Å². The zero-order valence-corrected chi connectivity index (χ0v) is 13.7. The lowest BCUT2D eigenvalue weighted by molar-refractivity contribution is -0.116. The van der Waals surface area contributed by atoms with Crippen LogP contribution in [0.2, 0.25) is 0 Å². The Morgan fingerprint density at radius 3 is 2.25 bits per heavy atom. The van der Waals surface area contributed by atoms with E-state index in [9.17, 15) is 9.59 Å². The van der Waals surface area contributed by atoms with E-state index in [1.165, 1.54) is 6.92 Å². The van der Waals surface area contributed by atoms with E-state index < -0.39 is 0 Å². The molecule has 2 N–H and O–H groups in total. The fourth-order valence-electron chi connectivity index (χ4n) is 2.31. The first kappa shape index (κ1) is 17.2. The average Bonchev–Trinajstić information content (AvgIpc) is 2.56. The first-order valence-corrected chi connectivity index (χ1v) is 7.65. The molecule has 0 unspecified atom stereocenters. The fraction of sp³-hybridized carbons (Fsp3) is 0.211.